The lowest BCUT2D eigenvalue weighted by atomic mass is 9.95. The van der Waals surface area contributed by atoms with E-state index in [1.165, 1.54) is 15.6 Å². The number of anilines is 1. The molecule has 0 aromatic heterocycles. The van der Waals surface area contributed by atoms with E-state index in [0.29, 0.717) is 21.3 Å². The fraction of sp³-hybridized carbons (Fsp3) is 0.517. The Morgan fingerprint density at radius 1 is 1.03 bits per heavy atom. The molecule has 1 aliphatic carbocycles. The Bertz CT molecular complexity index is 1210. The van der Waals surface area contributed by atoms with Gasteiger partial charge in [-0.3, -0.25) is 13.9 Å². The van der Waals surface area contributed by atoms with Crippen LogP contribution in [0.3, 0.4) is 0 Å². The van der Waals surface area contributed by atoms with Crippen molar-refractivity contribution in [2.45, 2.75) is 83.8 Å². The third-order valence-corrected chi connectivity index (χ3v) is 9.20. The van der Waals surface area contributed by atoms with Gasteiger partial charge in [-0.15, -0.1) is 0 Å². The van der Waals surface area contributed by atoms with Crippen LogP contribution in [0.4, 0.5) is 5.69 Å². The molecule has 2 amide bonds. The highest BCUT2D eigenvalue weighted by molar-refractivity contribution is 7.92. The highest BCUT2D eigenvalue weighted by Crippen LogP contribution is 2.27. The monoisotopic (exact) mass is 595 g/mol. The largest absolute Gasteiger partial charge is 0.352 e. The molecule has 3 rings (SSSR count). The second-order valence-electron chi connectivity index (χ2n) is 10.2. The summed E-state index contributed by atoms with van der Waals surface area (Å²) >= 11 is 12.8. The van der Waals surface area contributed by atoms with Crippen LogP contribution in [-0.2, 0) is 32.6 Å². The highest BCUT2D eigenvalue weighted by Gasteiger charge is 2.29. The lowest BCUT2D eigenvalue weighted by Gasteiger charge is -2.32. The van der Waals surface area contributed by atoms with E-state index in [1.54, 1.807) is 37.3 Å². The van der Waals surface area contributed by atoms with Crippen molar-refractivity contribution in [3.8, 4) is 0 Å². The molecule has 214 valence electrons. The van der Waals surface area contributed by atoms with E-state index in [2.05, 4.69) is 5.32 Å². The first-order chi connectivity index (χ1) is 18.5. The zero-order valence-corrected chi connectivity index (χ0v) is 25.3. The Labute approximate surface area is 242 Å². The average molecular weight is 597 g/mol. The summed E-state index contributed by atoms with van der Waals surface area (Å²) in [7, 11) is -3.55. The van der Waals surface area contributed by atoms with Crippen LogP contribution in [0.25, 0.3) is 0 Å². The second-order valence-corrected chi connectivity index (χ2v) is 12.9. The number of sulfonamides is 1. The van der Waals surface area contributed by atoms with Gasteiger partial charge in [0.1, 0.15) is 6.04 Å². The fourth-order valence-corrected chi connectivity index (χ4v) is 6.39. The first-order valence-electron chi connectivity index (χ1n) is 13.6. The first kappa shape index (κ1) is 31.2. The molecule has 0 radical (unpaired) electrons. The van der Waals surface area contributed by atoms with Crippen molar-refractivity contribution in [2.24, 2.45) is 0 Å². The van der Waals surface area contributed by atoms with Crippen molar-refractivity contribution in [1.82, 2.24) is 10.2 Å². The molecule has 1 unspecified atom stereocenters. The summed E-state index contributed by atoms with van der Waals surface area (Å²) in [4.78, 5) is 28.3. The van der Waals surface area contributed by atoms with E-state index >= 15 is 0 Å². The molecule has 1 fully saturated rings. The van der Waals surface area contributed by atoms with Gasteiger partial charge in [-0.05, 0) is 62.4 Å². The molecule has 39 heavy (non-hydrogen) atoms. The van der Waals surface area contributed by atoms with Crippen molar-refractivity contribution in [2.75, 3.05) is 17.1 Å². The molecule has 2 aromatic rings. The smallest absolute Gasteiger partial charge is 0.242 e. The molecule has 10 heteroatoms. The number of nitrogens with zero attached hydrogens (tertiary/aromatic N) is 2. The number of rotatable bonds is 12. The third kappa shape index (κ3) is 8.85. The van der Waals surface area contributed by atoms with Gasteiger partial charge in [-0.2, -0.15) is 0 Å². The Morgan fingerprint density at radius 2 is 1.64 bits per heavy atom. The van der Waals surface area contributed by atoms with Gasteiger partial charge in [0.15, 0.2) is 0 Å². The maximum Gasteiger partial charge on any atom is 0.242 e. The summed E-state index contributed by atoms with van der Waals surface area (Å²) < 4.78 is 26.4. The Hall–Kier alpha value is -2.29. The fourth-order valence-electron chi connectivity index (χ4n) is 4.91. The van der Waals surface area contributed by atoms with Gasteiger partial charge >= 0.3 is 0 Å². The number of hydrogen-bond donors (Lipinski definition) is 1. The summed E-state index contributed by atoms with van der Waals surface area (Å²) in [5, 5.41) is 3.94. The summed E-state index contributed by atoms with van der Waals surface area (Å²) in [5.41, 5.74) is 2.24. The Morgan fingerprint density at radius 3 is 2.21 bits per heavy atom. The van der Waals surface area contributed by atoms with Crippen molar-refractivity contribution >= 4 is 50.7 Å². The summed E-state index contributed by atoms with van der Waals surface area (Å²) in [5.74, 6) is -0.487. The molecular weight excluding hydrogens is 557 g/mol. The molecular formula is C29H39Cl2N3O4S. The zero-order valence-electron chi connectivity index (χ0n) is 23.0. The maximum absolute atomic E-state index is 13.6. The molecule has 0 aliphatic heterocycles. The van der Waals surface area contributed by atoms with Crippen LogP contribution in [-0.4, -0.2) is 50.0 Å². The number of amides is 2. The van der Waals surface area contributed by atoms with Crippen LogP contribution < -0.4 is 9.62 Å². The number of carbonyl (C=O) groups excluding carboxylic acids is 2. The molecule has 0 bridgehead atoms. The molecule has 2 aromatic carbocycles. The molecule has 1 aliphatic rings. The number of aryl methyl sites for hydroxylation is 1. The number of halogens is 2. The topological polar surface area (TPSA) is 86.8 Å². The van der Waals surface area contributed by atoms with Crippen LogP contribution >= 0.6 is 23.2 Å². The highest BCUT2D eigenvalue weighted by atomic mass is 35.5. The van der Waals surface area contributed by atoms with Crippen molar-refractivity contribution in [1.29, 1.82) is 0 Å². The van der Waals surface area contributed by atoms with Gasteiger partial charge in [0, 0.05) is 41.2 Å². The molecule has 1 atom stereocenters. The van der Waals surface area contributed by atoms with Gasteiger partial charge in [0.05, 0.1) is 11.9 Å². The lowest BCUT2D eigenvalue weighted by Crippen LogP contribution is -2.50. The minimum atomic E-state index is -3.55. The van der Waals surface area contributed by atoms with E-state index in [0.717, 1.165) is 43.9 Å². The minimum Gasteiger partial charge on any atom is -0.352 e. The van der Waals surface area contributed by atoms with Crippen molar-refractivity contribution in [3.05, 3.63) is 63.6 Å². The maximum atomic E-state index is 13.6. The molecule has 7 nitrogen and oxygen atoms in total. The normalized spacial score (nSPS) is 15.0. The van der Waals surface area contributed by atoms with Crippen LogP contribution in [0.15, 0.2) is 42.5 Å². The quantitative estimate of drug-likeness (QED) is 0.327. The van der Waals surface area contributed by atoms with E-state index in [-0.39, 0.29) is 43.8 Å². The predicted molar refractivity (Wildman–Crippen MR) is 159 cm³/mol. The predicted octanol–water partition coefficient (Wildman–Crippen LogP) is 5.97. The first-order valence-corrected chi connectivity index (χ1v) is 16.2. The van der Waals surface area contributed by atoms with Gasteiger partial charge < -0.3 is 10.2 Å². The van der Waals surface area contributed by atoms with Crippen molar-refractivity contribution < 1.29 is 18.0 Å². The van der Waals surface area contributed by atoms with Crippen LogP contribution in [0.5, 0.6) is 0 Å². The summed E-state index contributed by atoms with van der Waals surface area (Å²) in [6, 6.07) is 11.9. The molecule has 0 heterocycles. The van der Waals surface area contributed by atoms with Crippen LogP contribution in [0.1, 0.15) is 69.9 Å². The van der Waals surface area contributed by atoms with E-state index in [1.807, 2.05) is 19.1 Å². The van der Waals surface area contributed by atoms with Crippen LogP contribution in [0, 0.1) is 0 Å². The second kappa shape index (κ2) is 14.4. The molecule has 0 spiro atoms. The van der Waals surface area contributed by atoms with E-state index in [9.17, 15) is 18.0 Å². The zero-order chi connectivity index (χ0) is 28.6. The van der Waals surface area contributed by atoms with E-state index in [4.69, 9.17) is 23.2 Å². The average Bonchev–Trinajstić information content (AvgIpc) is 2.90. The van der Waals surface area contributed by atoms with Crippen LogP contribution in [0.2, 0.25) is 10.0 Å². The number of nitrogens with one attached hydrogen (secondary N) is 1. The Balaban J connectivity index is 1.75. The molecule has 1 saturated carbocycles. The summed E-state index contributed by atoms with van der Waals surface area (Å²) in [6.45, 7) is 3.95. The third-order valence-electron chi connectivity index (χ3n) is 7.29. The van der Waals surface area contributed by atoms with Gasteiger partial charge in [-0.25, -0.2) is 8.42 Å². The van der Waals surface area contributed by atoms with Gasteiger partial charge in [-0.1, -0.05) is 67.6 Å². The standard InChI is InChI=1S/C29H39Cl2N3O4S/c1-4-22-15-17-24(18-16-22)34(39(3,37)38)19-9-14-28(35)33(20-25-26(30)12-8-13-27(25)31)21(2)29(36)32-23-10-6-5-7-11-23/h8,12-13,15-18,21,23H,4-7,9-11,14,19-20H2,1-3H3,(H,32,36). The van der Waals surface area contributed by atoms with Gasteiger partial charge in [0.25, 0.3) is 0 Å². The minimum absolute atomic E-state index is 0.0577. The number of benzene rings is 2. The lowest BCUT2D eigenvalue weighted by molar-refractivity contribution is -0.141. The summed E-state index contributed by atoms with van der Waals surface area (Å²) in [6.07, 6.45) is 7.55. The molecule has 1 N–H and O–H groups in total. The van der Waals surface area contributed by atoms with Crippen molar-refractivity contribution in [3.63, 3.8) is 0 Å². The molecule has 0 saturated heterocycles. The SMILES string of the molecule is CCc1ccc(N(CCCC(=O)N(Cc2c(Cl)cccc2Cl)C(C)C(=O)NC2CCCCC2)S(C)(=O)=O)cc1. The number of carbonyl (C=O) groups is 2. The van der Waals surface area contributed by atoms with Gasteiger partial charge in [0.2, 0.25) is 21.8 Å². The number of hydrogen-bond acceptors (Lipinski definition) is 4. The Kier molecular flexibility index (Phi) is 11.5. The van der Waals surface area contributed by atoms with E-state index < -0.39 is 16.1 Å².